The number of nitrogens with one attached hydrogen (secondary N) is 2. The van der Waals surface area contributed by atoms with Crippen molar-refractivity contribution < 1.29 is 9.18 Å². The Morgan fingerprint density at radius 2 is 2.05 bits per heavy atom. The predicted octanol–water partition coefficient (Wildman–Crippen LogP) is 0.983. The number of nitrogens with zero attached hydrogens (tertiary/aromatic N) is 1. The van der Waals surface area contributed by atoms with Crippen molar-refractivity contribution in [3.05, 3.63) is 35.6 Å². The number of amides is 1. The van der Waals surface area contributed by atoms with E-state index in [0.29, 0.717) is 18.7 Å². The van der Waals surface area contributed by atoms with Gasteiger partial charge in [-0.15, -0.1) is 0 Å². The van der Waals surface area contributed by atoms with Gasteiger partial charge in [0, 0.05) is 18.7 Å². The van der Waals surface area contributed by atoms with Crippen molar-refractivity contribution in [2.75, 3.05) is 33.7 Å². The Morgan fingerprint density at radius 1 is 1.32 bits per heavy atom. The lowest BCUT2D eigenvalue weighted by Gasteiger charge is -2.10. The molecular formula is C14H22FN3O. The molecule has 0 saturated heterocycles. The smallest absolute Gasteiger partial charge is 0.233 e. The second kappa shape index (κ2) is 8.61. The zero-order chi connectivity index (χ0) is 14.1. The second-order valence-corrected chi connectivity index (χ2v) is 4.70. The molecule has 0 bridgehead atoms. The standard InChI is InChI=1S/C14H22FN3O/c1-18(2)9-5-8-17-14(19)11-16-10-12-6-3-4-7-13(12)15/h3-4,6-7,16H,5,8-11H2,1-2H3,(H,17,19). The van der Waals surface area contributed by atoms with E-state index in [4.69, 9.17) is 0 Å². The van der Waals surface area contributed by atoms with Gasteiger partial charge in [0.2, 0.25) is 5.91 Å². The molecular weight excluding hydrogens is 245 g/mol. The Balaban J connectivity index is 2.12. The van der Waals surface area contributed by atoms with Crippen LogP contribution < -0.4 is 10.6 Å². The van der Waals surface area contributed by atoms with Crippen LogP contribution in [0.1, 0.15) is 12.0 Å². The van der Waals surface area contributed by atoms with Crippen LogP contribution in [0.4, 0.5) is 4.39 Å². The third-order valence-corrected chi connectivity index (χ3v) is 2.66. The molecule has 4 nitrogen and oxygen atoms in total. The topological polar surface area (TPSA) is 44.4 Å². The fourth-order valence-electron chi connectivity index (χ4n) is 1.64. The van der Waals surface area contributed by atoms with E-state index in [-0.39, 0.29) is 18.3 Å². The summed E-state index contributed by atoms with van der Waals surface area (Å²) >= 11 is 0. The van der Waals surface area contributed by atoms with Crippen LogP contribution in [0.2, 0.25) is 0 Å². The SMILES string of the molecule is CN(C)CCCNC(=O)CNCc1ccccc1F. The van der Waals surface area contributed by atoms with Crippen molar-refractivity contribution in [1.82, 2.24) is 15.5 Å². The molecule has 0 heterocycles. The van der Waals surface area contributed by atoms with Crippen LogP contribution >= 0.6 is 0 Å². The fraction of sp³-hybridized carbons (Fsp3) is 0.500. The second-order valence-electron chi connectivity index (χ2n) is 4.70. The van der Waals surface area contributed by atoms with Gasteiger partial charge in [-0.1, -0.05) is 18.2 Å². The zero-order valence-electron chi connectivity index (χ0n) is 11.6. The molecule has 0 unspecified atom stereocenters. The van der Waals surface area contributed by atoms with Gasteiger partial charge in [0.15, 0.2) is 0 Å². The Labute approximate surface area is 114 Å². The molecule has 1 rings (SSSR count). The van der Waals surface area contributed by atoms with E-state index in [1.807, 2.05) is 14.1 Å². The lowest BCUT2D eigenvalue weighted by Crippen LogP contribution is -2.35. The van der Waals surface area contributed by atoms with E-state index >= 15 is 0 Å². The van der Waals surface area contributed by atoms with Gasteiger partial charge in [-0.05, 0) is 33.1 Å². The molecule has 0 fully saturated rings. The Morgan fingerprint density at radius 3 is 2.74 bits per heavy atom. The number of rotatable bonds is 8. The summed E-state index contributed by atoms with van der Waals surface area (Å²) in [6.45, 7) is 2.18. The third kappa shape index (κ3) is 6.88. The van der Waals surface area contributed by atoms with E-state index < -0.39 is 0 Å². The molecule has 5 heteroatoms. The molecule has 0 atom stereocenters. The summed E-state index contributed by atoms with van der Waals surface area (Å²) in [7, 11) is 4.00. The maximum atomic E-state index is 13.3. The molecule has 1 aromatic rings. The summed E-state index contributed by atoms with van der Waals surface area (Å²) in [6, 6.07) is 6.55. The van der Waals surface area contributed by atoms with Crippen molar-refractivity contribution in [2.45, 2.75) is 13.0 Å². The fourth-order valence-corrected chi connectivity index (χ4v) is 1.64. The molecule has 106 valence electrons. The van der Waals surface area contributed by atoms with Gasteiger partial charge in [0.1, 0.15) is 5.82 Å². The number of hydrogen-bond donors (Lipinski definition) is 2. The molecule has 0 aliphatic rings. The molecule has 19 heavy (non-hydrogen) atoms. The van der Waals surface area contributed by atoms with Gasteiger partial charge in [0.25, 0.3) is 0 Å². The molecule has 0 radical (unpaired) electrons. The van der Waals surface area contributed by atoms with Crippen LogP contribution in [0, 0.1) is 5.82 Å². The Hall–Kier alpha value is -1.46. The molecule has 0 spiro atoms. The van der Waals surface area contributed by atoms with E-state index in [1.165, 1.54) is 6.07 Å². The molecule has 1 amide bonds. The van der Waals surface area contributed by atoms with E-state index in [1.54, 1.807) is 18.2 Å². The largest absolute Gasteiger partial charge is 0.355 e. The molecule has 2 N–H and O–H groups in total. The number of carbonyl (C=O) groups is 1. The van der Waals surface area contributed by atoms with Crippen molar-refractivity contribution in [3.63, 3.8) is 0 Å². The number of carbonyl (C=O) groups excluding carboxylic acids is 1. The van der Waals surface area contributed by atoms with E-state index in [9.17, 15) is 9.18 Å². The average molecular weight is 267 g/mol. The first-order valence-corrected chi connectivity index (χ1v) is 6.45. The minimum atomic E-state index is -0.249. The van der Waals surface area contributed by atoms with Crippen molar-refractivity contribution in [1.29, 1.82) is 0 Å². The molecule has 0 aliphatic heterocycles. The highest BCUT2D eigenvalue weighted by Gasteiger charge is 2.03. The van der Waals surface area contributed by atoms with Gasteiger partial charge >= 0.3 is 0 Å². The first-order chi connectivity index (χ1) is 9.09. The quantitative estimate of drug-likeness (QED) is 0.690. The van der Waals surface area contributed by atoms with Crippen LogP contribution in [0.5, 0.6) is 0 Å². The number of halogens is 1. The summed E-state index contributed by atoms with van der Waals surface area (Å²) < 4.78 is 13.3. The maximum Gasteiger partial charge on any atom is 0.233 e. The lowest BCUT2D eigenvalue weighted by atomic mass is 10.2. The van der Waals surface area contributed by atoms with Gasteiger partial charge < -0.3 is 15.5 Å². The highest BCUT2D eigenvalue weighted by molar-refractivity contribution is 5.77. The van der Waals surface area contributed by atoms with Crippen LogP contribution in [-0.2, 0) is 11.3 Å². The minimum Gasteiger partial charge on any atom is -0.355 e. The van der Waals surface area contributed by atoms with Gasteiger partial charge in [-0.25, -0.2) is 4.39 Å². The van der Waals surface area contributed by atoms with Crippen molar-refractivity contribution in [2.24, 2.45) is 0 Å². The normalized spacial score (nSPS) is 10.7. The number of benzene rings is 1. The monoisotopic (exact) mass is 267 g/mol. The van der Waals surface area contributed by atoms with Gasteiger partial charge in [0.05, 0.1) is 6.54 Å². The summed E-state index contributed by atoms with van der Waals surface area (Å²) in [6.07, 6.45) is 0.923. The first-order valence-electron chi connectivity index (χ1n) is 6.45. The molecule has 0 aliphatic carbocycles. The minimum absolute atomic E-state index is 0.0601. The lowest BCUT2D eigenvalue weighted by molar-refractivity contribution is -0.120. The average Bonchev–Trinajstić information content (AvgIpc) is 2.37. The van der Waals surface area contributed by atoms with Gasteiger partial charge in [-0.2, -0.15) is 0 Å². The maximum absolute atomic E-state index is 13.3. The summed E-state index contributed by atoms with van der Waals surface area (Å²) in [5.41, 5.74) is 0.572. The highest BCUT2D eigenvalue weighted by atomic mass is 19.1. The third-order valence-electron chi connectivity index (χ3n) is 2.66. The highest BCUT2D eigenvalue weighted by Crippen LogP contribution is 2.04. The molecule has 0 aromatic heterocycles. The van der Waals surface area contributed by atoms with Crippen LogP contribution in [0.25, 0.3) is 0 Å². The predicted molar refractivity (Wildman–Crippen MR) is 74.3 cm³/mol. The summed E-state index contributed by atoms with van der Waals surface area (Å²) in [4.78, 5) is 13.6. The van der Waals surface area contributed by atoms with Crippen LogP contribution in [-0.4, -0.2) is 44.5 Å². The van der Waals surface area contributed by atoms with Crippen LogP contribution in [0.15, 0.2) is 24.3 Å². The molecule has 1 aromatic carbocycles. The first kappa shape index (κ1) is 15.6. The van der Waals surface area contributed by atoms with Gasteiger partial charge in [-0.3, -0.25) is 4.79 Å². The Bertz CT molecular complexity index is 396. The molecule has 0 saturated carbocycles. The Kier molecular flexibility index (Phi) is 7.07. The van der Waals surface area contributed by atoms with Crippen molar-refractivity contribution in [3.8, 4) is 0 Å². The summed E-state index contributed by atoms with van der Waals surface area (Å²) in [5, 5.41) is 5.75. The van der Waals surface area contributed by atoms with E-state index in [2.05, 4.69) is 15.5 Å². The van der Waals surface area contributed by atoms with Crippen molar-refractivity contribution >= 4 is 5.91 Å². The van der Waals surface area contributed by atoms with E-state index in [0.717, 1.165) is 13.0 Å². The van der Waals surface area contributed by atoms with Crippen LogP contribution in [0.3, 0.4) is 0 Å². The summed E-state index contributed by atoms with van der Waals surface area (Å²) in [5.74, 6) is -0.309. The zero-order valence-corrected chi connectivity index (χ0v) is 11.6. The number of hydrogen-bond acceptors (Lipinski definition) is 3.